The van der Waals surface area contributed by atoms with Gasteiger partial charge in [0.25, 0.3) is 10.0 Å². The largest absolute Gasteiger partial charge is 0.354 e. The number of nitrogens with one attached hydrogen (secondary N) is 1. The number of sulfonamides is 1. The van der Waals surface area contributed by atoms with Gasteiger partial charge in [-0.25, -0.2) is 8.42 Å². The smallest absolute Gasteiger partial charge is 0.264 e. The Morgan fingerprint density at radius 2 is 1.51 bits per heavy atom. The molecule has 1 N–H and O–H groups in total. The Kier molecular flexibility index (Phi) is 11.1. The van der Waals surface area contributed by atoms with E-state index < -0.39 is 28.5 Å². The fourth-order valence-electron chi connectivity index (χ4n) is 4.66. The van der Waals surface area contributed by atoms with Gasteiger partial charge in [0.1, 0.15) is 12.6 Å². The summed E-state index contributed by atoms with van der Waals surface area (Å²) in [5, 5.41) is 2.96. The van der Waals surface area contributed by atoms with Gasteiger partial charge in [0.15, 0.2) is 0 Å². The first-order valence-electron chi connectivity index (χ1n) is 14.2. The summed E-state index contributed by atoms with van der Waals surface area (Å²) in [4.78, 5) is 29.1. The molecule has 3 aromatic carbocycles. The highest BCUT2D eigenvalue weighted by Crippen LogP contribution is 2.28. The number of carbonyl (C=O) groups excluding carboxylic acids is 2. The second-order valence-corrected chi connectivity index (χ2v) is 12.9. The Hall–Kier alpha value is -3.65. The maximum atomic E-state index is 14.2. The quantitative estimate of drug-likeness (QED) is 0.294. The van der Waals surface area contributed by atoms with Crippen LogP contribution in [0.2, 0.25) is 0 Å². The van der Waals surface area contributed by atoms with E-state index in [2.05, 4.69) is 5.32 Å². The first-order chi connectivity index (χ1) is 19.4. The number of nitrogens with zero attached hydrogens (tertiary/aromatic N) is 2. The number of benzene rings is 3. The predicted octanol–water partition coefficient (Wildman–Crippen LogP) is 5.43. The van der Waals surface area contributed by atoms with Gasteiger partial charge >= 0.3 is 0 Å². The summed E-state index contributed by atoms with van der Waals surface area (Å²) in [6, 6.07) is 21.2. The zero-order valence-electron chi connectivity index (χ0n) is 25.1. The molecule has 7 nitrogen and oxygen atoms in total. The Bertz CT molecular complexity index is 1420. The molecule has 0 saturated carbocycles. The molecule has 0 saturated heterocycles. The molecule has 0 radical (unpaired) electrons. The minimum Gasteiger partial charge on any atom is -0.354 e. The molecule has 3 aromatic rings. The second-order valence-electron chi connectivity index (χ2n) is 11.0. The van der Waals surface area contributed by atoms with E-state index in [4.69, 9.17) is 0 Å². The average Bonchev–Trinajstić information content (AvgIpc) is 2.94. The molecule has 0 aliphatic heterocycles. The van der Waals surface area contributed by atoms with Crippen molar-refractivity contribution < 1.29 is 18.0 Å². The molecule has 0 spiro atoms. The zero-order chi connectivity index (χ0) is 30.2. The van der Waals surface area contributed by atoms with Gasteiger partial charge in [-0.3, -0.25) is 13.9 Å². The highest BCUT2D eigenvalue weighted by Gasteiger charge is 2.34. The van der Waals surface area contributed by atoms with Crippen molar-refractivity contribution in [1.82, 2.24) is 10.2 Å². The minimum atomic E-state index is -4.09. The molecule has 0 aromatic heterocycles. The average molecular weight is 578 g/mol. The predicted molar refractivity (Wildman–Crippen MR) is 165 cm³/mol. The van der Waals surface area contributed by atoms with Crippen LogP contribution in [0.5, 0.6) is 0 Å². The highest BCUT2D eigenvalue weighted by molar-refractivity contribution is 7.92. The SMILES string of the molecule is CCC(C(=O)NCC(C)C)N(CCc1ccccc1)C(=O)CN(c1cc(C)ccc1C)S(=O)(=O)c1ccc(C)cc1. The van der Waals surface area contributed by atoms with Crippen molar-refractivity contribution in [3.8, 4) is 0 Å². The Labute approximate surface area is 245 Å². The topological polar surface area (TPSA) is 86.8 Å². The highest BCUT2D eigenvalue weighted by atomic mass is 32.2. The molecule has 2 amide bonds. The third kappa shape index (κ3) is 8.43. The van der Waals surface area contributed by atoms with Gasteiger partial charge in [0.2, 0.25) is 11.8 Å². The second kappa shape index (κ2) is 14.3. The van der Waals surface area contributed by atoms with Gasteiger partial charge in [0, 0.05) is 13.1 Å². The van der Waals surface area contributed by atoms with Crippen molar-refractivity contribution in [2.75, 3.05) is 23.9 Å². The van der Waals surface area contributed by atoms with E-state index in [1.165, 1.54) is 4.31 Å². The van der Waals surface area contributed by atoms with Gasteiger partial charge in [-0.15, -0.1) is 0 Å². The molecule has 41 heavy (non-hydrogen) atoms. The fourth-order valence-corrected chi connectivity index (χ4v) is 6.13. The molecule has 3 rings (SSSR count). The summed E-state index contributed by atoms with van der Waals surface area (Å²) < 4.78 is 29.3. The van der Waals surface area contributed by atoms with Crippen molar-refractivity contribution >= 4 is 27.5 Å². The van der Waals surface area contributed by atoms with Crippen LogP contribution in [0.15, 0.2) is 77.7 Å². The van der Waals surface area contributed by atoms with E-state index in [9.17, 15) is 18.0 Å². The summed E-state index contributed by atoms with van der Waals surface area (Å²) in [5.74, 6) is -0.407. The van der Waals surface area contributed by atoms with Crippen LogP contribution in [0.1, 0.15) is 49.4 Å². The third-order valence-electron chi connectivity index (χ3n) is 7.08. The van der Waals surface area contributed by atoms with Crippen LogP contribution in [0.25, 0.3) is 0 Å². The number of hydrogen-bond acceptors (Lipinski definition) is 4. The summed E-state index contributed by atoms with van der Waals surface area (Å²) in [5.41, 5.74) is 4.02. The van der Waals surface area contributed by atoms with Gasteiger partial charge in [-0.1, -0.05) is 80.9 Å². The summed E-state index contributed by atoms with van der Waals surface area (Å²) >= 11 is 0. The van der Waals surface area contributed by atoms with E-state index in [0.29, 0.717) is 25.1 Å². The van der Waals surface area contributed by atoms with Crippen molar-refractivity contribution in [2.45, 2.75) is 65.3 Å². The van der Waals surface area contributed by atoms with E-state index in [1.54, 1.807) is 35.2 Å². The third-order valence-corrected chi connectivity index (χ3v) is 8.85. The number of anilines is 1. The first-order valence-corrected chi connectivity index (χ1v) is 15.7. The van der Waals surface area contributed by atoms with Gasteiger partial charge in [-0.2, -0.15) is 0 Å². The van der Waals surface area contributed by atoms with E-state index in [1.807, 2.05) is 84.0 Å². The molecular weight excluding hydrogens is 534 g/mol. The fraction of sp³-hybridized carbons (Fsp3) is 0.394. The molecule has 0 heterocycles. The van der Waals surface area contributed by atoms with Gasteiger partial charge < -0.3 is 10.2 Å². The maximum Gasteiger partial charge on any atom is 0.264 e. The standard InChI is InChI=1S/C33H43N3O4S/c1-7-30(33(38)34-22-24(2)3)35(20-19-28-11-9-8-10-12-28)32(37)23-36(31-21-26(5)13-16-27(31)6)41(39,40)29-17-14-25(4)15-18-29/h8-18,21,24,30H,7,19-20,22-23H2,1-6H3,(H,34,38). The lowest BCUT2D eigenvalue weighted by Crippen LogP contribution is -2.53. The Balaban J connectivity index is 2.04. The van der Waals surface area contributed by atoms with Gasteiger partial charge in [0.05, 0.1) is 10.6 Å². The molecular formula is C33H43N3O4S. The van der Waals surface area contributed by atoms with Crippen LogP contribution in [0, 0.1) is 26.7 Å². The monoisotopic (exact) mass is 577 g/mol. The lowest BCUT2D eigenvalue weighted by molar-refractivity contribution is -0.139. The van der Waals surface area contributed by atoms with Crippen LogP contribution in [0.3, 0.4) is 0 Å². The van der Waals surface area contributed by atoms with Crippen molar-refractivity contribution in [2.24, 2.45) is 5.92 Å². The number of amides is 2. The summed E-state index contributed by atoms with van der Waals surface area (Å²) in [6.45, 7) is 11.8. The lowest BCUT2D eigenvalue weighted by Gasteiger charge is -2.33. The molecule has 8 heteroatoms. The molecule has 220 valence electrons. The van der Waals surface area contributed by atoms with E-state index in [0.717, 1.165) is 22.3 Å². The normalized spacial score (nSPS) is 12.2. The van der Waals surface area contributed by atoms with Crippen LogP contribution in [-0.2, 0) is 26.0 Å². The molecule has 1 atom stereocenters. The van der Waals surface area contributed by atoms with Crippen LogP contribution in [-0.4, -0.2) is 50.8 Å². The molecule has 1 unspecified atom stereocenters. The number of aryl methyl sites for hydroxylation is 3. The van der Waals surface area contributed by atoms with Crippen LogP contribution in [0.4, 0.5) is 5.69 Å². The summed E-state index contributed by atoms with van der Waals surface area (Å²) in [6.07, 6.45) is 0.938. The zero-order valence-corrected chi connectivity index (χ0v) is 25.9. The first kappa shape index (κ1) is 31.9. The van der Waals surface area contributed by atoms with Crippen molar-refractivity contribution in [3.63, 3.8) is 0 Å². The number of rotatable bonds is 13. The van der Waals surface area contributed by atoms with Crippen LogP contribution >= 0.6 is 0 Å². The lowest BCUT2D eigenvalue weighted by atomic mass is 10.1. The van der Waals surface area contributed by atoms with Gasteiger partial charge in [-0.05, 0) is 74.4 Å². The molecule has 0 aliphatic carbocycles. The Morgan fingerprint density at radius 3 is 2.12 bits per heavy atom. The molecule has 0 fully saturated rings. The minimum absolute atomic E-state index is 0.106. The van der Waals surface area contributed by atoms with Crippen LogP contribution < -0.4 is 9.62 Å². The van der Waals surface area contributed by atoms with E-state index in [-0.39, 0.29) is 23.3 Å². The molecule has 0 aliphatic rings. The number of hydrogen-bond donors (Lipinski definition) is 1. The van der Waals surface area contributed by atoms with Crippen molar-refractivity contribution in [1.29, 1.82) is 0 Å². The van der Waals surface area contributed by atoms with E-state index >= 15 is 0 Å². The molecule has 0 bridgehead atoms. The Morgan fingerprint density at radius 1 is 0.878 bits per heavy atom. The maximum absolute atomic E-state index is 14.2. The number of carbonyl (C=O) groups is 2. The summed E-state index contributed by atoms with van der Waals surface area (Å²) in [7, 11) is -4.09. The van der Waals surface area contributed by atoms with Crippen molar-refractivity contribution in [3.05, 3.63) is 95.1 Å².